The summed E-state index contributed by atoms with van der Waals surface area (Å²) in [6.07, 6.45) is 5.09. The summed E-state index contributed by atoms with van der Waals surface area (Å²) in [6.45, 7) is 8.47. The van der Waals surface area contributed by atoms with E-state index in [0.717, 1.165) is 0 Å². The quantitative estimate of drug-likeness (QED) is 0.470. The zero-order valence-corrected chi connectivity index (χ0v) is 8.50. The average Bonchev–Trinajstić information content (AvgIpc) is 2.63. The predicted octanol–water partition coefficient (Wildman–Crippen LogP) is 2.42. The second-order valence-corrected chi connectivity index (χ2v) is 4.38. The summed E-state index contributed by atoms with van der Waals surface area (Å²) in [5.41, 5.74) is 0.0444. The Labute approximate surface area is 75.0 Å². The molecule has 0 aromatic carbocycles. The Morgan fingerprint density at radius 2 is 2.08 bits per heavy atom. The summed E-state index contributed by atoms with van der Waals surface area (Å²) in [5, 5.41) is 0. The summed E-state index contributed by atoms with van der Waals surface area (Å²) in [6, 6.07) is 0. The molecule has 0 amide bonds. The molecule has 0 aliphatic carbocycles. The van der Waals surface area contributed by atoms with Crippen LogP contribution in [0.2, 0.25) is 0 Å². The topological polar surface area (TPSA) is 24.9 Å². The Morgan fingerprint density at radius 3 is 2.58 bits per heavy atom. The van der Waals surface area contributed by atoms with Gasteiger partial charge < -0.3 is 4.74 Å². The van der Waals surface area contributed by atoms with E-state index in [1.54, 1.807) is 0 Å². The van der Waals surface area contributed by atoms with E-state index >= 15 is 0 Å². The van der Waals surface area contributed by atoms with E-state index in [4.69, 9.17) is 4.74 Å². The summed E-state index contributed by atoms with van der Waals surface area (Å²) in [4.78, 5) is 4.40. The van der Waals surface area contributed by atoms with Gasteiger partial charge in [0.25, 0.3) is 0 Å². The van der Waals surface area contributed by atoms with Crippen LogP contribution >= 0.6 is 0 Å². The van der Waals surface area contributed by atoms with Crippen LogP contribution in [-0.2, 0) is 4.74 Å². The minimum absolute atomic E-state index is 0.0444. The van der Waals surface area contributed by atoms with Crippen molar-refractivity contribution in [3.05, 3.63) is 0 Å². The first-order chi connectivity index (χ1) is 5.53. The number of aliphatic imine (C=N–C) groups is 1. The van der Waals surface area contributed by atoms with Crippen LogP contribution in [0.1, 0.15) is 40.5 Å². The first kappa shape index (κ1) is 9.72. The van der Waals surface area contributed by atoms with E-state index in [0.29, 0.717) is 12.2 Å². The molecule has 1 aliphatic rings. The molecule has 0 bridgehead atoms. The molecule has 70 valence electrons. The number of rotatable bonds is 3. The average molecular weight is 169 g/mol. The molecule has 0 radical (unpaired) electrons. The minimum atomic E-state index is 0.0444. The van der Waals surface area contributed by atoms with Crippen molar-refractivity contribution >= 4 is 6.21 Å². The maximum Gasteiger partial charge on any atom is 0.119 e. The highest BCUT2D eigenvalue weighted by Crippen LogP contribution is 2.25. The number of hydrogen-bond donors (Lipinski definition) is 0. The maximum absolute atomic E-state index is 5.40. The fraction of sp³-hybridized carbons (Fsp3) is 0.900. The van der Waals surface area contributed by atoms with Gasteiger partial charge >= 0.3 is 0 Å². The van der Waals surface area contributed by atoms with E-state index < -0.39 is 0 Å². The fourth-order valence-electron chi connectivity index (χ4n) is 1.10. The van der Waals surface area contributed by atoms with Gasteiger partial charge in [-0.25, -0.2) is 0 Å². The molecule has 1 fully saturated rings. The zero-order valence-electron chi connectivity index (χ0n) is 8.50. The Kier molecular flexibility index (Phi) is 2.89. The van der Waals surface area contributed by atoms with Crippen molar-refractivity contribution in [3.8, 4) is 0 Å². The van der Waals surface area contributed by atoms with Gasteiger partial charge in [0.1, 0.15) is 6.10 Å². The van der Waals surface area contributed by atoms with Crippen LogP contribution in [-0.4, -0.2) is 24.0 Å². The Bertz CT molecular complexity index is 169. The highest BCUT2D eigenvalue weighted by atomic mass is 16.6. The maximum atomic E-state index is 5.40. The molecule has 0 N–H and O–H groups in total. The van der Waals surface area contributed by atoms with Crippen molar-refractivity contribution in [2.24, 2.45) is 4.99 Å². The normalized spacial score (nSPS) is 29.7. The molecule has 2 atom stereocenters. The number of ether oxygens (including phenoxy) is 1. The fourth-order valence-corrected chi connectivity index (χ4v) is 1.10. The lowest BCUT2D eigenvalue weighted by Gasteiger charge is -2.09. The number of nitrogens with zero attached hydrogens (tertiary/aromatic N) is 1. The van der Waals surface area contributed by atoms with Crippen LogP contribution in [0.25, 0.3) is 0 Å². The van der Waals surface area contributed by atoms with Gasteiger partial charge in [-0.05, 0) is 27.2 Å². The van der Waals surface area contributed by atoms with Crippen molar-refractivity contribution in [1.82, 2.24) is 0 Å². The molecule has 0 unspecified atom stereocenters. The van der Waals surface area contributed by atoms with E-state index in [9.17, 15) is 0 Å². The first-order valence-electron chi connectivity index (χ1n) is 4.74. The van der Waals surface area contributed by atoms with Crippen LogP contribution < -0.4 is 0 Å². The third kappa shape index (κ3) is 3.35. The van der Waals surface area contributed by atoms with Gasteiger partial charge in [0.05, 0.1) is 11.6 Å². The predicted molar refractivity (Wildman–Crippen MR) is 51.8 cm³/mol. The van der Waals surface area contributed by atoms with Crippen LogP contribution in [0, 0.1) is 0 Å². The Balaban J connectivity index is 2.23. The van der Waals surface area contributed by atoms with Crippen molar-refractivity contribution in [2.75, 3.05) is 0 Å². The van der Waals surface area contributed by atoms with Gasteiger partial charge in [-0.1, -0.05) is 13.3 Å². The van der Waals surface area contributed by atoms with Crippen LogP contribution in [0.5, 0.6) is 0 Å². The molecule has 0 spiro atoms. The molecule has 12 heavy (non-hydrogen) atoms. The summed E-state index contributed by atoms with van der Waals surface area (Å²) < 4.78 is 5.40. The lowest BCUT2D eigenvalue weighted by molar-refractivity contribution is 0.383. The van der Waals surface area contributed by atoms with Gasteiger partial charge in [0, 0.05) is 6.21 Å². The van der Waals surface area contributed by atoms with Gasteiger partial charge in [0.15, 0.2) is 0 Å². The van der Waals surface area contributed by atoms with E-state index in [1.807, 2.05) is 6.21 Å². The molecule has 1 heterocycles. The third-order valence-electron chi connectivity index (χ3n) is 1.80. The molecule has 0 aromatic heterocycles. The highest BCUT2D eigenvalue weighted by molar-refractivity contribution is 5.67. The molecule has 0 saturated carbocycles. The Morgan fingerprint density at radius 1 is 1.42 bits per heavy atom. The van der Waals surface area contributed by atoms with Crippen molar-refractivity contribution < 1.29 is 4.74 Å². The summed E-state index contributed by atoms with van der Waals surface area (Å²) >= 11 is 0. The van der Waals surface area contributed by atoms with Crippen LogP contribution in [0.15, 0.2) is 4.99 Å². The lowest BCUT2D eigenvalue weighted by atomic mass is 10.1. The van der Waals surface area contributed by atoms with E-state index in [-0.39, 0.29) is 5.54 Å². The summed E-state index contributed by atoms with van der Waals surface area (Å²) in [5.74, 6) is 0. The zero-order chi connectivity index (χ0) is 9.19. The van der Waals surface area contributed by atoms with Crippen LogP contribution in [0.3, 0.4) is 0 Å². The monoisotopic (exact) mass is 169 g/mol. The van der Waals surface area contributed by atoms with Gasteiger partial charge in [-0.15, -0.1) is 0 Å². The molecule has 2 heteroatoms. The SMILES string of the molecule is CCC[C@H]1O[C@@H]1C=NC(C)(C)C. The Hall–Kier alpha value is -0.370. The smallest absolute Gasteiger partial charge is 0.119 e. The number of hydrogen-bond acceptors (Lipinski definition) is 2. The van der Waals surface area contributed by atoms with Gasteiger partial charge in [0.2, 0.25) is 0 Å². The molecule has 1 saturated heterocycles. The van der Waals surface area contributed by atoms with Crippen molar-refractivity contribution in [2.45, 2.75) is 58.3 Å². The molecule has 0 aromatic rings. The summed E-state index contributed by atoms with van der Waals surface area (Å²) in [7, 11) is 0. The van der Waals surface area contributed by atoms with E-state index in [1.165, 1.54) is 12.8 Å². The minimum Gasteiger partial charge on any atom is -0.364 e. The lowest BCUT2D eigenvalue weighted by Crippen LogP contribution is -2.11. The highest BCUT2D eigenvalue weighted by Gasteiger charge is 2.36. The third-order valence-corrected chi connectivity index (χ3v) is 1.80. The number of epoxide rings is 1. The second kappa shape index (κ2) is 3.56. The standard InChI is InChI=1S/C10H19NO/c1-5-6-8-9(12-8)7-11-10(2,3)4/h7-9H,5-6H2,1-4H3/t8-,9-/m1/s1. The van der Waals surface area contributed by atoms with Crippen LogP contribution in [0.4, 0.5) is 0 Å². The molecule has 1 aliphatic heterocycles. The van der Waals surface area contributed by atoms with Gasteiger partial charge in [-0.2, -0.15) is 0 Å². The largest absolute Gasteiger partial charge is 0.364 e. The second-order valence-electron chi connectivity index (χ2n) is 4.38. The van der Waals surface area contributed by atoms with Crippen molar-refractivity contribution in [1.29, 1.82) is 0 Å². The van der Waals surface area contributed by atoms with Gasteiger partial charge in [-0.3, -0.25) is 4.99 Å². The molecule has 1 rings (SSSR count). The first-order valence-corrected chi connectivity index (χ1v) is 4.74. The molecular formula is C10H19NO. The molecular weight excluding hydrogens is 150 g/mol. The van der Waals surface area contributed by atoms with Crippen molar-refractivity contribution in [3.63, 3.8) is 0 Å². The molecule has 2 nitrogen and oxygen atoms in total. The van der Waals surface area contributed by atoms with E-state index in [2.05, 4.69) is 32.7 Å².